The molecule has 156 valence electrons. The van der Waals surface area contributed by atoms with E-state index in [1.54, 1.807) is 7.11 Å². The van der Waals surface area contributed by atoms with Crippen molar-refractivity contribution in [2.24, 2.45) is 0 Å². The van der Waals surface area contributed by atoms with Crippen LogP contribution in [-0.2, 0) is 24.2 Å². The lowest BCUT2D eigenvalue weighted by Gasteiger charge is -2.18. The molecule has 2 aromatic rings. The predicted octanol–water partition coefficient (Wildman–Crippen LogP) is 4.40. The van der Waals surface area contributed by atoms with E-state index in [9.17, 15) is 4.79 Å². The molecule has 1 N–H and O–H groups in total. The van der Waals surface area contributed by atoms with Crippen LogP contribution in [0.2, 0.25) is 0 Å². The van der Waals surface area contributed by atoms with Crippen LogP contribution in [-0.4, -0.2) is 30.4 Å². The quantitative estimate of drug-likeness (QED) is 0.672. The zero-order valence-electron chi connectivity index (χ0n) is 17.4. The van der Waals surface area contributed by atoms with Gasteiger partial charge in [0.15, 0.2) is 0 Å². The van der Waals surface area contributed by atoms with E-state index in [1.165, 1.54) is 0 Å². The second kappa shape index (κ2) is 8.64. The molecule has 0 amide bonds. The first-order chi connectivity index (χ1) is 13.8. The molecule has 0 atom stereocenters. The molecule has 0 saturated heterocycles. The van der Waals surface area contributed by atoms with Gasteiger partial charge >= 0.3 is 5.97 Å². The Morgan fingerprint density at radius 3 is 2.62 bits per heavy atom. The largest absolute Gasteiger partial charge is 0.497 e. The summed E-state index contributed by atoms with van der Waals surface area (Å²) in [7, 11) is 1.65. The molecule has 0 unspecified atom stereocenters. The lowest BCUT2D eigenvalue weighted by molar-refractivity contribution is -0.136. The molecule has 3 rings (SSSR count). The number of aliphatic carboxylic acids is 1. The maximum absolute atomic E-state index is 10.9. The number of carboxylic acids is 1. The van der Waals surface area contributed by atoms with Crippen LogP contribution >= 0.6 is 0 Å². The minimum atomic E-state index is -0.831. The summed E-state index contributed by atoms with van der Waals surface area (Å²) in [6, 6.07) is 9.46. The molecule has 0 aliphatic carbocycles. The third-order valence-electron chi connectivity index (χ3n) is 4.79. The minimum absolute atomic E-state index is 0.0589. The van der Waals surface area contributed by atoms with Gasteiger partial charge in [-0.15, -0.1) is 0 Å². The number of carbonyl (C=O) groups is 1. The first kappa shape index (κ1) is 20.8. The van der Waals surface area contributed by atoms with Gasteiger partial charge in [0.25, 0.3) is 0 Å². The summed E-state index contributed by atoms with van der Waals surface area (Å²) in [5, 5.41) is 8.93. The SMILES string of the molecule is CCOc1cc(OCc2cc(OC)cc3c2OC(C)(C)C3)ccc1CCC(=O)O. The van der Waals surface area contributed by atoms with Gasteiger partial charge in [-0.2, -0.15) is 0 Å². The Morgan fingerprint density at radius 2 is 1.93 bits per heavy atom. The molecule has 0 aromatic heterocycles. The van der Waals surface area contributed by atoms with Gasteiger partial charge in [-0.25, -0.2) is 0 Å². The first-order valence-electron chi connectivity index (χ1n) is 9.80. The zero-order chi connectivity index (χ0) is 21.0. The van der Waals surface area contributed by atoms with Gasteiger partial charge in [-0.3, -0.25) is 4.79 Å². The van der Waals surface area contributed by atoms with Gasteiger partial charge in [0.2, 0.25) is 0 Å². The fourth-order valence-electron chi connectivity index (χ4n) is 3.50. The van der Waals surface area contributed by atoms with Crippen molar-refractivity contribution in [2.75, 3.05) is 13.7 Å². The normalized spacial score (nSPS) is 14.1. The molecule has 1 heterocycles. The fraction of sp³-hybridized carbons (Fsp3) is 0.435. The summed E-state index contributed by atoms with van der Waals surface area (Å²) in [6.07, 6.45) is 1.29. The van der Waals surface area contributed by atoms with Gasteiger partial charge in [0.05, 0.1) is 13.7 Å². The van der Waals surface area contributed by atoms with Crippen molar-refractivity contribution in [1.29, 1.82) is 0 Å². The number of rotatable bonds is 9. The third-order valence-corrected chi connectivity index (χ3v) is 4.79. The first-order valence-corrected chi connectivity index (χ1v) is 9.80. The van der Waals surface area contributed by atoms with E-state index in [1.807, 2.05) is 37.3 Å². The number of fused-ring (bicyclic) bond motifs is 1. The van der Waals surface area contributed by atoms with Gasteiger partial charge in [0, 0.05) is 30.0 Å². The Morgan fingerprint density at radius 1 is 1.14 bits per heavy atom. The van der Waals surface area contributed by atoms with Gasteiger partial charge in [-0.05, 0) is 51.0 Å². The van der Waals surface area contributed by atoms with Crippen molar-refractivity contribution in [3.8, 4) is 23.0 Å². The Labute approximate surface area is 171 Å². The average molecular weight is 400 g/mol. The Balaban J connectivity index is 1.79. The highest BCUT2D eigenvalue weighted by Gasteiger charge is 2.32. The van der Waals surface area contributed by atoms with E-state index in [4.69, 9.17) is 24.1 Å². The molecule has 0 bridgehead atoms. The van der Waals surface area contributed by atoms with Crippen LogP contribution in [0.3, 0.4) is 0 Å². The van der Waals surface area contributed by atoms with Crippen LogP contribution in [0.4, 0.5) is 0 Å². The number of hydrogen-bond acceptors (Lipinski definition) is 5. The Hall–Kier alpha value is -2.89. The minimum Gasteiger partial charge on any atom is -0.497 e. The third kappa shape index (κ3) is 5.13. The number of carboxylic acid groups (broad SMARTS) is 1. The Kier molecular flexibility index (Phi) is 6.20. The van der Waals surface area contributed by atoms with Crippen LogP contribution in [0.5, 0.6) is 23.0 Å². The monoisotopic (exact) mass is 400 g/mol. The van der Waals surface area contributed by atoms with Gasteiger partial charge < -0.3 is 24.1 Å². The molecule has 1 aliphatic heterocycles. The molecule has 6 nitrogen and oxygen atoms in total. The molecule has 29 heavy (non-hydrogen) atoms. The molecule has 0 radical (unpaired) electrons. The topological polar surface area (TPSA) is 74.2 Å². The summed E-state index contributed by atoms with van der Waals surface area (Å²) in [4.78, 5) is 10.9. The van der Waals surface area contributed by atoms with Crippen LogP contribution in [0.1, 0.15) is 43.9 Å². The van der Waals surface area contributed by atoms with E-state index in [-0.39, 0.29) is 12.0 Å². The molecule has 1 aliphatic rings. The summed E-state index contributed by atoms with van der Waals surface area (Å²) >= 11 is 0. The molecular formula is C23H28O6. The van der Waals surface area contributed by atoms with Crippen molar-refractivity contribution in [1.82, 2.24) is 0 Å². The van der Waals surface area contributed by atoms with Crippen LogP contribution in [0, 0.1) is 0 Å². The zero-order valence-corrected chi connectivity index (χ0v) is 17.4. The van der Waals surface area contributed by atoms with Crippen molar-refractivity contribution in [3.63, 3.8) is 0 Å². The molecular weight excluding hydrogens is 372 g/mol. The number of hydrogen-bond donors (Lipinski definition) is 1. The summed E-state index contributed by atoms with van der Waals surface area (Å²) in [6.45, 7) is 6.85. The van der Waals surface area contributed by atoms with Gasteiger partial charge in [0.1, 0.15) is 35.2 Å². The molecule has 0 fully saturated rings. The van der Waals surface area contributed by atoms with Crippen LogP contribution < -0.4 is 18.9 Å². The van der Waals surface area contributed by atoms with E-state index in [2.05, 4.69) is 13.8 Å². The van der Waals surface area contributed by atoms with E-state index < -0.39 is 5.97 Å². The maximum atomic E-state index is 10.9. The van der Waals surface area contributed by atoms with Crippen molar-refractivity contribution in [3.05, 3.63) is 47.0 Å². The molecule has 0 saturated carbocycles. The van der Waals surface area contributed by atoms with Crippen LogP contribution in [0.25, 0.3) is 0 Å². The van der Waals surface area contributed by atoms with E-state index in [0.29, 0.717) is 31.1 Å². The molecule has 6 heteroatoms. The lowest BCUT2D eigenvalue weighted by Crippen LogP contribution is -2.25. The highest BCUT2D eigenvalue weighted by atomic mass is 16.5. The smallest absolute Gasteiger partial charge is 0.303 e. The van der Waals surface area contributed by atoms with Crippen molar-refractivity contribution in [2.45, 2.75) is 52.2 Å². The predicted molar refractivity (Wildman–Crippen MR) is 109 cm³/mol. The van der Waals surface area contributed by atoms with E-state index in [0.717, 1.165) is 34.6 Å². The maximum Gasteiger partial charge on any atom is 0.303 e. The molecule has 2 aromatic carbocycles. The number of aryl methyl sites for hydroxylation is 1. The standard InChI is InChI=1S/C23H28O6/c1-5-27-20-12-18(8-6-15(20)7-9-21(24)25)28-14-17-11-19(26-4)10-16-13-23(2,3)29-22(16)17/h6,8,10-12H,5,7,9,13-14H2,1-4H3,(H,24,25). The number of ether oxygens (including phenoxy) is 4. The highest BCUT2D eigenvalue weighted by Crippen LogP contribution is 2.40. The van der Waals surface area contributed by atoms with Crippen LogP contribution in [0.15, 0.2) is 30.3 Å². The molecule has 0 spiro atoms. The number of methoxy groups -OCH3 is 1. The lowest BCUT2D eigenvalue weighted by atomic mass is 10.0. The second-order valence-electron chi connectivity index (χ2n) is 7.70. The van der Waals surface area contributed by atoms with Gasteiger partial charge in [-0.1, -0.05) is 6.07 Å². The second-order valence-corrected chi connectivity index (χ2v) is 7.70. The summed E-state index contributed by atoms with van der Waals surface area (Å²) < 4.78 is 23.3. The summed E-state index contributed by atoms with van der Waals surface area (Å²) in [5.41, 5.74) is 2.65. The number of benzene rings is 2. The van der Waals surface area contributed by atoms with Crippen molar-refractivity contribution < 1.29 is 28.8 Å². The van der Waals surface area contributed by atoms with Crippen molar-refractivity contribution >= 4 is 5.97 Å². The Bertz CT molecular complexity index is 887. The average Bonchev–Trinajstić information content (AvgIpc) is 2.99. The highest BCUT2D eigenvalue weighted by molar-refractivity contribution is 5.67. The summed E-state index contributed by atoms with van der Waals surface area (Å²) in [5.74, 6) is 2.12. The fourth-order valence-corrected chi connectivity index (χ4v) is 3.50. The van der Waals surface area contributed by atoms with E-state index >= 15 is 0 Å².